The second kappa shape index (κ2) is 6.39. The van der Waals surface area contributed by atoms with E-state index in [1.165, 1.54) is 0 Å². The molecule has 0 amide bonds. The highest BCUT2D eigenvalue weighted by molar-refractivity contribution is 6.31. The zero-order valence-electron chi connectivity index (χ0n) is 12.0. The van der Waals surface area contributed by atoms with Crippen molar-refractivity contribution in [1.29, 1.82) is 0 Å². The minimum Gasteiger partial charge on any atom is -0.359 e. The van der Waals surface area contributed by atoms with Crippen LogP contribution >= 0.6 is 11.6 Å². The van der Waals surface area contributed by atoms with Crippen molar-refractivity contribution in [2.24, 2.45) is 5.41 Å². The van der Waals surface area contributed by atoms with E-state index >= 15 is 0 Å². The number of hydrogen-bond acceptors (Lipinski definition) is 3. The van der Waals surface area contributed by atoms with Crippen molar-refractivity contribution in [3.8, 4) is 0 Å². The summed E-state index contributed by atoms with van der Waals surface area (Å²) >= 11 is 6.15. The maximum Gasteiger partial charge on any atom is 0.128 e. The van der Waals surface area contributed by atoms with E-state index in [0.717, 1.165) is 29.6 Å². The summed E-state index contributed by atoms with van der Waals surface area (Å²) in [5.41, 5.74) is 1.16. The summed E-state index contributed by atoms with van der Waals surface area (Å²) in [5, 5.41) is 3.98. The van der Waals surface area contributed by atoms with Crippen molar-refractivity contribution in [3.63, 3.8) is 0 Å². The lowest BCUT2D eigenvalue weighted by Crippen LogP contribution is -2.30. The first-order valence-corrected chi connectivity index (χ1v) is 6.78. The Morgan fingerprint density at radius 1 is 1.33 bits per heavy atom. The van der Waals surface area contributed by atoms with Crippen molar-refractivity contribution in [1.82, 2.24) is 10.3 Å². The fraction of sp³-hybridized carbons (Fsp3) is 0.643. The maximum atomic E-state index is 6.15. The van der Waals surface area contributed by atoms with Crippen LogP contribution in [0, 0.1) is 5.41 Å². The molecule has 1 rings (SSSR count). The van der Waals surface area contributed by atoms with Gasteiger partial charge in [0.2, 0.25) is 0 Å². The average molecular weight is 270 g/mol. The Balaban J connectivity index is 2.83. The first kappa shape index (κ1) is 15.3. The first-order valence-electron chi connectivity index (χ1n) is 6.41. The second-order valence-electron chi connectivity index (χ2n) is 5.80. The van der Waals surface area contributed by atoms with Crippen molar-refractivity contribution in [3.05, 3.63) is 22.8 Å². The summed E-state index contributed by atoms with van der Waals surface area (Å²) in [6, 6.07) is 3.90. The summed E-state index contributed by atoms with van der Waals surface area (Å²) in [7, 11) is 2.07. The quantitative estimate of drug-likeness (QED) is 0.889. The van der Waals surface area contributed by atoms with Gasteiger partial charge in [0.25, 0.3) is 0 Å². The number of aromatic nitrogens is 1. The maximum absolute atomic E-state index is 6.15. The molecule has 0 aliphatic carbocycles. The summed E-state index contributed by atoms with van der Waals surface area (Å²) in [5.74, 6) is 0.974. The number of nitrogens with zero attached hydrogens (tertiary/aromatic N) is 2. The molecule has 0 bridgehead atoms. The topological polar surface area (TPSA) is 28.2 Å². The SMILES string of the molecule is CCNCc1nc(N(C)CC(C)(C)C)ccc1Cl. The van der Waals surface area contributed by atoms with Crippen molar-refractivity contribution in [2.75, 3.05) is 25.0 Å². The van der Waals surface area contributed by atoms with Crippen LogP contribution in [0.1, 0.15) is 33.4 Å². The van der Waals surface area contributed by atoms with Gasteiger partial charge in [-0.1, -0.05) is 39.3 Å². The molecule has 102 valence electrons. The van der Waals surface area contributed by atoms with Crippen LogP contribution in [0.25, 0.3) is 0 Å². The second-order valence-corrected chi connectivity index (χ2v) is 6.20. The number of pyridine rings is 1. The van der Waals surface area contributed by atoms with Gasteiger partial charge in [-0.3, -0.25) is 0 Å². The summed E-state index contributed by atoms with van der Waals surface area (Å²) in [6.45, 7) is 11.3. The minimum atomic E-state index is 0.248. The van der Waals surface area contributed by atoms with Gasteiger partial charge in [0.1, 0.15) is 5.82 Å². The van der Waals surface area contributed by atoms with E-state index < -0.39 is 0 Å². The molecule has 0 spiro atoms. The van der Waals surface area contributed by atoms with Gasteiger partial charge >= 0.3 is 0 Å². The molecule has 1 heterocycles. The van der Waals surface area contributed by atoms with E-state index in [-0.39, 0.29) is 5.41 Å². The molecule has 1 aromatic heterocycles. The van der Waals surface area contributed by atoms with Crippen LogP contribution in [0.5, 0.6) is 0 Å². The summed E-state index contributed by atoms with van der Waals surface area (Å²) in [4.78, 5) is 6.80. The van der Waals surface area contributed by atoms with Gasteiger partial charge in [-0.05, 0) is 24.1 Å². The highest BCUT2D eigenvalue weighted by Crippen LogP contribution is 2.22. The molecule has 0 aliphatic rings. The first-order chi connectivity index (χ1) is 8.33. The van der Waals surface area contributed by atoms with Crippen molar-refractivity contribution >= 4 is 17.4 Å². The number of anilines is 1. The van der Waals surface area contributed by atoms with E-state index in [1.807, 2.05) is 12.1 Å². The Morgan fingerprint density at radius 2 is 2.00 bits per heavy atom. The van der Waals surface area contributed by atoms with E-state index in [4.69, 9.17) is 11.6 Å². The monoisotopic (exact) mass is 269 g/mol. The van der Waals surface area contributed by atoms with Crippen LogP contribution in [0.3, 0.4) is 0 Å². The van der Waals surface area contributed by atoms with Crippen LogP contribution < -0.4 is 10.2 Å². The molecule has 0 saturated heterocycles. The fourth-order valence-corrected chi connectivity index (χ4v) is 2.02. The van der Waals surface area contributed by atoms with Crippen LogP contribution in [-0.4, -0.2) is 25.1 Å². The summed E-state index contributed by atoms with van der Waals surface area (Å²) in [6.07, 6.45) is 0. The lowest BCUT2D eigenvalue weighted by atomic mass is 9.96. The Bertz CT molecular complexity index is 385. The average Bonchev–Trinajstić information content (AvgIpc) is 2.25. The molecule has 3 nitrogen and oxygen atoms in total. The number of rotatable bonds is 5. The smallest absolute Gasteiger partial charge is 0.128 e. The molecule has 1 aromatic rings. The number of halogens is 1. The van der Waals surface area contributed by atoms with Crippen LogP contribution in [0.15, 0.2) is 12.1 Å². The fourth-order valence-electron chi connectivity index (χ4n) is 1.85. The van der Waals surface area contributed by atoms with Gasteiger partial charge < -0.3 is 10.2 Å². The molecule has 0 atom stereocenters. The molecule has 0 fully saturated rings. The molecule has 1 N–H and O–H groups in total. The molecular weight excluding hydrogens is 246 g/mol. The normalized spacial score (nSPS) is 11.7. The number of hydrogen-bond donors (Lipinski definition) is 1. The van der Waals surface area contributed by atoms with Gasteiger partial charge in [-0.25, -0.2) is 4.98 Å². The van der Waals surface area contributed by atoms with Gasteiger partial charge in [0.05, 0.1) is 10.7 Å². The van der Waals surface area contributed by atoms with Crippen LogP contribution in [0.4, 0.5) is 5.82 Å². The van der Waals surface area contributed by atoms with Crippen LogP contribution in [0.2, 0.25) is 5.02 Å². The Hall–Kier alpha value is -0.800. The van der Waals surface area contributed by atoms with E-state index in [1.54, 1.807) is 0 Å². The van der Waals surface area contributed by atoms with Gasteiger partial charge in [0.15, 0.2) is 0 Å². The predicted octanol–water partition coefficient (Wildman–Crippen LogP) is 3.33. The highest BCUT2D eigenvalue weighted by Gasteiger charge is 2.15. The molecule has 0 aliphatic heterocycles. The van der Waals surface area contributed by atoms with E-state index in [9.17, 15) is 0 Å². The third kappa shape index (κ3) is 4.83. The molecule has 0 aromatic carbocycles. The lowest BCUT2D eigenvalue weighted by Gasteiger charge is -2.27. The standard InChI is InChI=1S/C14H24ClN3/c1-6-16-9-12-11(15)7-8-13(17-12)18(5)10-14(2,3)4/h7-8,16H,6,9-10H2,1-5H3. The molecule has 18 heavy (non-hydrogen) atoms. The summed E-state index contributed by atoms with van der Waals surface area (Å²) < 4.78 is 0. The van der Waals surface area contributed by atoms with E-state index in [0.29, 0.717) is 6.54 Å². The minimum absolute atomic E-state index is 0.248. The predicted molar refractivity (Wildman–Crippen MR) is 79.4 cm³/mol. The molecule has 0 radical (unpaired) electrons. The third-order valence-corrected chi connectivity index (χ3v) is 2.89. The molecule has 0 saturated carbocycles. The van der Waals surface area contributed by atoms with Gasteiger partial charge in [-0.2, -0.15) is 0 Å². The zero-order chi connectivity index (χ0) is 13.8. The molecule has 0 unspecified atom stereocenters. The molecular formula is C14H24ClN3. The van der Waals surface area contributed by atoms with Crippen molar-refractivity contribution in [2.45, 2.75) is 34.2 Å². The highest BCUT2D eigenvalue weighted by atomic mass is 35.5. The largest absolute Gasteiger partial charge is 0.359 e. The lowest BCUT2D eigenvalue weighted by molar-refractivity contribution is 0.417. The third-order valence-electron chi connectivity index (χ3n) is 2.55. The van der Waals surface area contributed by atoms with Gasteiger partial charge in [-0.15, -0.1) is 0 Å². The van der Waals surface area contributed by atoms with Crippen molar-refractivity contribution < 1.29 is 0 Å². The van der Waals surface area contributed by atoms with Gasteiger partial charge in [0, 0.05) is 20.1 Å². The Labute approximate surface area is 116 Å². The number of nitrogens with one attached hydrogen (secondary N) is 1. The van der Waals surface area contributed by atoms with E-state index in [2.05, 4.69) is 49.9 Å². The Morgan fingerprint density at radius 3 is 2.56 bits per heavy atom. The zero-order valence-corrected chi connectivity index (χ0v) is 12.8. The molecule has 4 heteroatoms. The van der Waals surface area contributed by atoms with Crippen LogP contribution in [-0.2, 0) is 6.54 Å². The Kier molecular flexibility index (Phi) is 5.42.